The number of pyridine rings is 1. The molecular weight excluding hydrogens is 200 g/mol. The van der Waals surface area contributed by atoms with Gasteiger partial charge in [-0.15, -0.1) is 0 Å². The van der Waals surface area contributed by atoms with Crippen LogP contribution >= 0.6 is 12.6 Å². The molecule has 5 heteroatoms. The number of hydrogen-bond donors (Lipinski definition) is 4. The predicted molar refractivity (Wildman–Crippen MR) is 58.2 cm³/mol. The molecule has 0 radical (unpaired) electrons. The van der Waals surface area contributed by atoms with Crippen molar-refractivity contribution in [3.05, 3.63) is 23.4 Å². The highest BCUT2D eigenvalue weighted by Crippen LogP contribution is 2.18. The molecule has 2 unspecified atom stereocenters. The topological polar surface area (TPSA) is 79.4 Å². The summed E-state index contributed by atoms with van der Waals surface area (Å²) in [6.45, 7) is 1.85. The van der Waals surface area contributed by atoms with Crippen LogP contribution in [0.5, 0.6) is 0 Å². The summed E-state index contributed by atoms with van der Waals surface area (Å²) in [4.78, 5) is 3.94. The lowest BCUT2D eigenvalue weighted by molar-refractivity contribution is 0.0311. The third kappa shape index (κ3) is 2.60. The molecule has 0 saturated carbocycles. The number of thiol groups is 1. The van der Waals surface area contributed by atoms with Gasteiger partial charge in [0, 0.05) is 5.75 Å². The Hall–Kier alpha value is -0.780. The molecule has 1 rings (SSSR count). The molecule has 14 heavy (non-hydrogen) atoms. The number of aromatic nitrogens is 1. The van der Waals surface area contributed by atoms with E-state index in [0.29, 0.717) is 11.5 Å². The quantitative estimate of drug-likeness (QED) is 0.546. The van der Waals surface area contributed by atoms with Crippen LogP contribution in [-0.4, -0.2) is 27.1 Å². The normalized spacial score (nSPS) is 15.1. The first-order valence-corrected chi connectivity index (χ1v) is 4.89. The largest absolute Gasteiger partial charge is 0.389 e. The Labute approximate surface area is 88.2 Å². The summed E-state index contributed by atoms with van der Waals surface area (Å²) in [5.74, 6) is 0.516. The number of aliphatic hydroxyl groups is 2. The summed E-state index contributed by atoms with van der Waals surface area (Å²) >= 11 is 3.89. The van der Waals surface area contributed by atoms with Crippen LogP contribution in [0.1, 0.15) is 17.4 Å². The smallest absolute Gasteiger partial charge is 0.123 e. The third-order valence-corrected chi connectivity index (χ3v) is 2.24. The number of nitrogen functional groups attached to an aromatic ring is 1. The van der Waals surface area contributed by atoms with Crippen LogP contribution in [0, 0.1) is 6.92 Å². The fourth-order valence-electron chi connectivity index (χ4n) is 1.17. The van der Waals surface area contributed by atoms with Crippen LogP contribution in [0.2, 0.25) is 0 Å². The van der Waals surface area contributed by atoms with Crippen molar-refractivity contribution >= 4 is 18.4 Å². The van der Waals surface area contributed by atoms with E-state index in [1.54, 1.807) is 12.1 Å². The van der Waals surface area contributed by atoms with Gasteiger partial charge in [-0.3, -0.25) is 0 Å². The van der Waals surface area contributed by atoms with E-state index in [9.17, 15) is 10.2 Å². The first-order chi connectivity index (χ1) is 6.54. The average Bonchev–Trinajstić information content (AvgIpc) is 2.14. The van der Waals surface area contributed by atoms with Gasteiger partial charge in [-0.2, -0.15) is 12.6 Å². The Morgan fingerprint density at radius 3 is 2.64 bits per heavy atom. The molecule has 0 aromatic carbocycles. The highest BCUT2D eigenvalue weighted by molar-refractivity contribution is 7.80. The molecule has 0 aliphatic rings. The summed E-state index contributed by atoms with van der Waals surface area (Å²) in [7, 11) is 0. The molecule has 0 spiro atoms. The van der Waals surface area contributed by atoms with E-state index in [1.165, 1.54) is 0 Å². The van der Waals surface area contributed by atoms with Crippen LogP contribution in [0.3, 0.4) is 0 Å². The second kappa shape index (κ2) is 4.63. The van der Waals surface area contributed by atoms with E-state index < -0.39 is 12.2 Å². The molecule has 0 saturated heterocycles. The Balaban J connectivity index is 2.94. The highest BCUT2D eigenvalue weighted by atomic mass is 32.1. The summed E-state index contributed by atoms with van der Waals surface area (Å²) < 4.78 is 0. The van der Waals surface area contributed by atoms with Gasteiger partial charge in [0.25, 0.3) is 0 Å². The van der Waals surface area contributed by atoms with Gasteiger partial charge in [0.15, 0.2) is 0 Å². The molecule has 1 heterocycles. The Morgan fingerprint density at radius 2 is 2.14 bits per heavy atom. The molecular formula is C9H14N2O2S. The number of hydrogen-bond acceptors (Lipinski definition) is 5. The zero-order chi connectivity index (χ0) is 10.7. The van der Waals surface area contributed by atoms with Gasteiger partial charge in [-0.05, 0) is 24.6 Å². The number of aryl methyl sites for hydroxylation is 1. The van der Waals surface area contributed by atoms with Gasteiger partial charge in [0.05, 0.1) is 11.8 Å². The predicted octanol–water partition coefficient (Wildman–Crippen LogP) is 0.296. The van der Waals surface area contributed by atoms with Crippen LogP contribution in [0.15, 0.2) is 12.1 Å². The monoisotopic (exact) mass is 214 g/mol. The van der Waals surface area contributed by atoms with Crippen LogP contribution < -0.4 is 5.73 Å². The van der Waals surface area contributed by atoms with Crippen molar-refractivity contribution < 1.29 is 10.2 Å². The van der Waals surface area contributed by atoms with Crippen LogP contribution in [-0.2, 0) is 0 Å². The lowest BCUT2D eigenvalue weighted by Gasteiger charge is -2.15. The fourth-order valence-corrected chi connectivity index (χ4v) is 1.37. The Morgan fingerprint density at radius 1 is 1.50 bits per heavy atom. The molecule has 2 atom stereocenters. The molecule has 0 aliphatic heterocycles. The molecule has 0 fully saturated rings. The van der Waals surface area contributed by atoms with Crippen molar-refractivity contribution in [3.63, 3.8) is 0 Å². The molecule has 4 N–H and O–H groups in total. The van der Waals surface area contributed by atoms with E-state index >= 15 is 0 Å². The van der Waals surface area contributed by atoms with Gasteiger partial charge >= 0.3 is 0 Å². The van der Waals surface area contributed by atoms with Crippen molar-refractivity contribution in [2.24, 2.45) is 0 Å². The third-order valence-electron chi connectivity index (χ3n) is 1.86. The van der Waals surface area contributed by atoms with Crippen LogP contribution in [0.25, 0.3) is 0 Å². The van der Waals surface area contributed by atoms with Crippen molar-refractivity contribution in [3.8, 4) is 0 Å². The van der Waals surface area contributed by atoms with E-state index in [0.717, 1.165) is 5.56 Å². The van der Waals surface area contributed by atoms with Crippen molar-refractivity contribution in [2.75, 3.05) is 11.5 Å². The van der Waals surface area contributed by atoms with Gasteiger partial charge in [-0.1, -0.05) is 0 Å². The van der Waals surface area contributed by atoms with Crippen LogP contribution in [0.4, 0.5) is 5.82 Å². The molecule has 1 aromatic heterocycles. The molecule has 0 amide bonds. The maximum atomic E-state index is 9.62. The Kier molecular flexibility index (Phi) is 3.74. The number of rotatable bonds is 3. The number of aliphatic hydroxyl groups excluding tert-OH is 2. The Bertz CT molecular complexity index is 299. The highest BCUT2D eigenvalue weighted by Gasteiger charge is 2.18. The summed E-state index contributed by atoms with van der Waals surface area (Å²) in [6.07, 6.45) is -1.96. The lowest BCUT2D eigenvalue weighted by atomic mass is 10.1. The molecule has 0 bridgehead atoms. The van der Waals surface area contributed by atoms with Gasteiger partial charge in [0.2, 0.25) is 0 Å². The van der Waals surface area contributed by atoms with E-state index in [2.05, 4.69) is 17.6 Å². The lowest BCUT2D eigenvalue weighted by Crippen LogP contribution is -2.21. The minimum Gasteiger partial charge on any atom is -0.389 e. The van der Waals surface area contributed by atoms with Gasteiger partial charge in [-0.25, -0.2) is 4.98 Å². The van der Waals surface area contributed by atoms with Crippen molar-refractivity contribution in [2.45, 2.75) is 19.1 Å². The number of anilines is 1. The minimum absolute atomic E-state index is 0.177. The zero-order valence-electron chi connectivity index (χ0n) is 7.88. The SMILES string of the molecule is Cc1cc(N)nc(C(O)C(O)CS)c1. The zero-order valence-corrected chi connectivity index (χ0v) is 8.78. The molecule has 78 valence electrons. The molecule has 4 nitrogen and oxygen atoms in total. The van der Waals surface area contributed by atoms with Crippen molar-refractivity contribution in [1.82, 2.24) is 4.98 Å². The van der Waals surface area contributed by atoms with Gasteiger partial charge < -0.3 is 15.9 Å². The maximum Gasteiger partial charge on any atom is 0.123 e. The number of nitrogens with two attached hydrogens (primary N) is 1. The van der Waals surface area contributed by atoms with Crippen molar-refractivity contribution in [1.29, 1.82) is 0 Å². The summed E-state index contributed by atoms with van der Waals surface area (Å²) in [5.41, 5.74) is 6.80. The first kappa shape index (κ1) is 11.3. The fraction of sp³-hybridized carbons (Fsp3) is 0.444. The van der Waals surface area contributed by atoms with E-state index in [-0.39, 0.29) is 5.75 Å². The first-order valence-electron chi connectivity index (χ1n) is 4.25. The number of nitrogens with zero attached hydrogens (tertiary/aromatic N) is 1. The second-order valence-electron chi connectivity index (χ2n) is 3.19. The molecule has 1 aromatic rings. The minimum atomic E-state index is -1.03. The summed E-state index contributed by atoms with van der Waals surface area (Å²) in [6, 6.07) is 3.39. The second-order valence-corrected chi connectivity index (χ2v) is 3.55. The van der Waals surface area contributed by atoms with Gasteiger partial charge in [0.1, 0.15) is 11.9 Å². The average molecular weight is 214 g/mol. The maximum absolute atomic E-state index is 9.62. The van der Waals surface area contributed by atoms with E-state index in [4.69, 9.17) is 5.73 Å². The molecule has 0 aliphatic carbocycles. The van der Waals surface area contributed by atoms with E-state index in [1.807, 2.05) is 6.92 Å². The standard InChI is InChI=1S/C9H14N2O2S/c1-5-2-6(11-8(10)3-5)9(13)7(12)4-14/h2-3,7,9,12-14H,4H2,1H3,(H2,10,11). The summed E-state index contributed by atoms with van der Waals surface area (Å²) in [5, 5.41) is 19.0.